The van der Waals surface area contributed by atoms with Crippen LogP contribution in [0.1, 0.15) is 142 Å². The zero-order valence-electron chi connectivity index (χ0n) is 23.6. The van der Waals surface area contributed by atoms with Crippen LogP contribution in [0.4, 0.5) is 0 Å². The van der Waals surface area contributed by atoms with Gasteiger partial charge in [0, 0.05) is 18.1 Å². The summed E-state index contributed by atoms with van der Waals surface area (Å²) in [5.74, 6) is 2.01. The Hall–Kier alpha value is -0.425. The molecular weight excluding hydrogens is 447 g/mol. The third-order valence-electron chi connectivity index (χ3n) is 10.1. The molecule has 3 saturated carbocycles. The number of hydroxylamine groups is 1. The SMILES string of the molecule is CC1C2CCCCCCCC(C2)C1(C)C(=O)C(N)CCCCNO[B]OC1CCCCCCCCC1. The molecule has 3 aliphatic rings. The van der Waals surface area contributed by atoms with Gasteiger partial charge in [-0.1, -0.05) is 104 Å². The van der Waals surface area contributed by atoms with E-state index in [-0.39, 0.29) is 17.6 Å². The Balaban J connectivity index is 1.31. The van der Waals surface area contributed by atoms with Crippen molar-refractivity contribution in [1.82, 2.24) is 5.48 Å². The fraction of sp³-hybridized carbons (Fsp3) is 0.967. The van der Waals surface area contributed by atoms with Gasteiger partial charge in [0.1, 0.15) is 0 Å². The molecule has 0 aromatic carbocycles. The van der Waals surface area contributed by atoms with Crippen LogP contribution in [0.3, 0.4) is 0 Å². The molecule has 6 heteroatoms. The van der Waals surface area contributed by atoms with Crippen molar-refractivity contribution in [3.05, 3.63) is 0 Å². The fourth-order valence-electron chi connectivity index (χ4n) is 7.41. The van der Waals surface area contributed by atoms with Gasteiger partial charge in [0.05, 0.1) is 6.04 Å². The lowest BCUT2D eigenvalue weighted by Crippen LogP contribution is -2.47. The van der Waals surface area contributed by atoms with E-state index >= 15 is 0 Å². The lowest BCUT2D eigenvalue weighted by atomic mass is 9.66. The topological polar surface area (TPSA) is 73.6 Å². The number of fused-ring (bicyclic) bond motifs is 2. The minimum Gasteiger partial charge on any atom is -0.410 e. The van der Waals surface area contributed by atoms with E-state index in [0.29, 0.717) is 23.5 Å². The Bertz CT molecular complexity index is 611. The zero-order chi connectivity index (χ0) is 25.6. The number of unbranched alkanes of at least 4 members (excludes halogenated alkanes) is 1. The van der Waals surface area contributed by atoms with Gasteiger partial charge in [-0.2, -0.15) is 0 Å². The van der Waals surface area contributed by atoms with Gasteiger partial charge in [-0.3, -0.25) is 4.79 Å². The molecular formula is C30H56BN2O3. The molecule has 2 bridgehead atoms. The Morgan fingerprint density at radius 3 is 2.17 bits per heavy atom. The number of Topliss-reactive ketones (excluding diaryl/α,β-unsaturated/α-hetero) is 1. The Labute approximate surface area is 223 Å². The molecule has 0 saturated heterocycles. The van der Waals surface area contributed by atoms with Gasteiger partial charge in [0.2, 0.25) is 0 Å². The van der Waals surface area contributed by atoms with Crippen molar-refractivity contribution in [3.8, 4) is 0 Å². The molecule has 0 spiro atoms. The number of nitrogens with two attached hydrogens (primary N) is 1. The second kappa shape index (κ2) is 16.5. The predicted octanol–water partition coefficient (Wildman–Crippen LogP) is 7.04. The highest BCUT2D eigenvalue weighted by atomic mass is 16.7. The number of rotatable bonds is 11. The van der Waals surface area contributed by atoms with E-state index in [0.717, 1.165) is 38.6 Å². The van der Waals surface area contributed by atoms with Gasteiger partial charge >= 0.3 is 7.69 Å². The second-order valence-corrected chi connectivity index (χ2v) is 12.5. The van der Waals surface area contributed by atoms with Crippen LogP contribution in [-0.4, -0.2) is 32.2 Å². The van der Waals surface area contributed by atoms with Crippen molar-refractivity contribution in [2.24, 2.45) is 28.9 Å². The summed E-state index contributed by atoms with van der Waals surface area (Å²) < 4.78 is 11.3. The van der Waals surface area contributed by atoms with Crippen LogP contribution in [0.25, 0.3) is 0 Å². The molecule has 5 unspecified atom stereocenters. The zero-order valence-corrected chi connectivity index (χ0v) is 23.6. The first-order valence-corrected chi connectivity index (χ1v) is 15.7. The number of hydrogen-bond donors (Lipinski definition) is 2. The molecule has 0 aliphatic heterocycles. The molecule has 0 heterocycles. The summed E-state index contributed by atoms with van der Waals surface area (Å²) in [5, 5.41) is 0. The maximum absolute atomic E-state index is 13.7. The fourth-order valence-corrected chi connectivity index (χ4v) is 7.41. The average molecular weight is 504 g/mol. The van der Waals surface area contributed by atoms with Crippen LogP contribution in [0.15, 0.2) is 0 Å². The maximum atomic E-state index is 13.7. The average Bonchev–Trinajstić information content (AvgIpc) is 3.12. The van der Waals surface area contributed by atoms with Gasteiger partial charge < -0.3 is 15.1 Å². The minimum absolute atomic E-state index is 0.239. The summed E-state index contributed by atoms with van der Waals surface area (Å²) in [6, 6.07) is -0.341. The molecule has 3 N–H and O–H groups in total. The van der Waals surface area contributed by atoms with Crippen molar-refractivity contribution in [3.63, 3.8) is 0 Å². The van der Waals surface area contributed by atoms with E-state index in [4.69, 9.17) is 15.1 Å². The lowest BCUT2D eigenvalue weighted by Gasteiger charge is -2.37. The van der Waals surface area contributed by atoms with Gasteiger partial charge in [0.25, 0.3) is 0 Å². The molecule has 207 valence electrons. The molecule has 0 amide bonds. The maximum Gasteiger partial charge on any atom is 0.506 e. The summed E-state index contributed by atoms with van der Waals surface area (Å²) >= 11 is 0. The van der Waals surface area contributed by atoms with Crippen LogP contribution < -0.4 is 11.2 Å². The first kappa shape index (κ1) is 30.1. The van der Waals surface area contributed by atoms with Crippen LogP contribution in [0, 0.1) is 23.2 Å². The van der Waals surface area contributed by atoms with Crippen molar-refractivity contribution < 1.29 is 14.2 Å². The van der Waals surface area contributed by atoms with Crippen molar-refractivity contribution in [2.75, 3.05) is 6.54 Å². The molecule has 5 nitrogen and oxygen atoms in total. The monoisotopic (exact) mass is 503 g/mol. The van der Waals surface area contributed by atoms with E-state index in [1.165, 1.54) is 104 Å². The highest BCUT2D eigenvalue weighted by Gasteiger charge is 2.54. The number of hydrogen-bond acceptors (Lipinski definition) is 5. The summed E-state index contributed by atoms with van der Waals surface area (Å²) in [7, 11) is 1.49. The van der Waals surface area contributed by atoms with E-state index in [1.54, 1.807) is 0 Å². The van der Waals surface area contributed by atoms with Crippen LogP contribution >= 0.6 is 0 Å². The Morgan fingerprint density at radius 2 is 1.50 bits per heavy atom. The van der Waals surface area contributed by atoms with E-state index in [9.17, 15) is 4.79 Å². The number of carbonyl (C=O) groups is 1. The largest absolute Gasteiger partial charge is 0.506 e. The van der Waals surface area contributed by atoms with Gasteiger partial charge in [-0.05, 0) is 56.3 Å². The van der Waals surface area contributed by atoms with Crippen molar-refractivity contribution in [1.29, 1.82) is 0 Å². The first-order chi connectivity index (χ1) is 17.5. The van der Waals surface area contributed by atoms with E-state index < -0.39 is 0 Å². The second-order valence-electron chi connectivity index (χ2n) is 12.5. The number of nitrogens with one attached hydrogen (secondary N) is 1. The van der Waals surface area contributed by atoms with Crippen LogP contribution in [-0.2, 0) is 14.2 Å². The third kappa shape index (κ3) is 9.10. The quantitative estimate of drug-likeness (QED) is 0.180. The highest BCUT2D eigenvalue weighted by molar-refractivity contribution is 6.17. The first-order valence-electron chi connectivity index (χ1n) is 15.7. The van der Waals surface area contributed by atoms with Gasteiger partial charge in [-0.15, -0.1) is 0 Å². The van der Waals surface area contributed by atoms with E-state index in [2.05, 4.69) is 19.3 Å². The summed E-state index contributed by atoms with van der Waals surface area (Å²) in [6.45, 7) is 5.34. The molecule has 36 heavy (non-hydrogen) atoms. The molecule has 0 aromatic heterocycles. The molecule has 3 aliphatic carbocycles. The third-order valence-corrected chi connectivity index (χ3v) is 10.1. The van der Waals surface area contributed by atoms with Crippen LogP contribution in [0.5, 0.6) is 0 Å². The normalized spacial score (nSPS) is 32.0. The number of carbonyl (C=O) groups excluding carboxylic acids is 1. The molecule has 3 fully saturated rings. The summed E-state index contributed by atoms with van der Waals surface area (Å²) in [4.78, 5) is 13.7. The van der Waals surface area contributed by atoms with Crippen molar-refractivity contribution in [2.45, 2.75) is 154 Å². The standard InChI is InChI=1S/C30H56BN2O3/c1-24-25-17-11-7-6-8-12-18-26(23-25)30(24,2)29(34)28(32)21-15-16-22-33-36-31-35-27-19-13-9-4-3-5-10-14-20-27/h24-28,33H,3-23,32H2,1-2H3. The van der Waals surface area contributed by atoms with Gasteiger partial charge in [0.15, 0.2) is 5.78 Å². The molecule has 3 rings (SSSR count). The molecule has 1 radical (unpaired) electrons. The summed E-state index contributed by atoms with van der Waals surface area (Å²) in [5.41, 5.74) is 9.29. The van der Waals surface area contributed by atoms with Gasteiger partial charge in [-0.25, -0.2) is 5.48 Å². The smallest absolute Gasteiger partial charge is 0.410 e. The number of ketones is 1. The Kier molecular flexibility index (Phi) is 13.8. The molecule has 0 aromatic rings. The van der Waals surface area contributed by atoms with Crippen LogP contribution in [0.2, 0.25) is 0 Å². The molecule has 5 atom stereocenters. The van der Waals surface area contributed by atoms with E-state index in [1.807, 2.05) is 0 Å². The summed E-state index contributed by atoms with van der Waals surface area (Å²) in [6.07, 6.45) is 24.8. The predicted molar refractivity (Wildman–Crippen MR) is 149 cm³/mol. The Morgan fingerprint density at radius 1 is 0.917 bits per heavy atom. The highest BCUT2D eigenvalue weighted by Crippen LogP contribution is 2.55. The lowest BCUT2D eigenvalue weighted by molar-refractivity contribution is -0.134. The van der Waals surface area contributed by atoms with Crippen molar-refractivity contribution >= 4 is 13.5 Å². The minimum atomic E-state index is -0.341.